The van der Waals surface area contributed by atoms with Gasteiger partial charge in [-0.2, -0.15) is 0 Å². The van der Waals surface area contributed by atoms with Gasteiger partial charge in [0.1, 0.15) is 11.5 Å². The number of methoxy groups -OCH3 is 1. The molecule has 7 nitrogen and oxygen atoms in total. The molecule has 0 atom stereocenters. The topological polar surface area (TPSA) is 71.3 Å². The van der Waals surface area contributed by atoms with Crippen molar-refractivity contribution in [3.8, 4) is 23.0 Å². The Morgan fingerprint density at radius 3 is 2.67 bits per heavy atom. The second-order valence-electron chi connectivity index (χ2n) is 7.70. The molecule has 0 unspecified atom stereocenters. The number of benzene rings is 2. The first-order valence-corrected chi connectivity index (χ1v) is 10.8. The lowest BCUT2D eigenvalue weighted by molar-refractivity contribution is 0.283. The number of fused-ring (bicyclic) bond motifs is 2. The van der Waals surface area contributed by atoms with Gasteiger partial charge in [0.15, 0.2) is 11.5 Å². The minimum absolute atomic E-state index is 0.554. The summed E-state index contributed by atoms with van der Waals surface area (Å²) < 4.78 is 19.9. The van der Waals surface area contributed by atoms with E-state index in [4.69, 9.17) is 14.2 Å². The zero-order valence-electron chi connectivity index (χ0n) is 18.6. The van der Waals surface area contributed by atoms with Crippen LogP contribution >= 0.6 is 0 Å². The van der Waals surface area contributed by atoms with E-state index in [9.17, 15) is 0 Å². The van der Waals surface area contributed by atoms with Crippen LogP contribution in [0.3, 0.4) is 0 Å². The first-order chi connectivity index (χ1) is 16.2. The minimum atomic E-state index is 0.554. The number of aryl methyl sites for hydroxylation is 2. The molecular weight excluding hydrogens is 416 g/mol. The molecular formula is C26H24N4O3. The normalized spacial score (nSPS) is 11.1. The van der Waals surface area contributed by atoms with E-state index >= 15 is 0 Å². The van der Waals surface area contributed by atoms with Crippen molar-refractivity contribution in [2.24, 2.45) is 0 Å². The molecule has 0 saturated heterocycles. The van der Waals surface area contributed by atoms with Crippen molar-refractivity contribution in [2.75, 3.05) is 13.7 Å². The molecule has 0 bridgehead atoms. The highest BCUT2D eigenvalue weighted by atomic mass is 16.5. The van der Waals surface area contributed by atoms with E-state index in [0.29, 0.717) is 29.6 Å². The van der Waals surface area contributed by atoms with Gasteiger partial charge in [0.2, 0.25) is 0 Å². The Morgan fingerprint density at radius 2 is 1.82 bits per heavy atom. The van der Waals surface area contributed by atoms with Crippen molar-refractivity contribution in [1.29, 1.82) is 0 Å². The first kappa shape index (κ1) is 20.8. The van der Waals surface area contributed by atoms with Crippen molar-refractivity contribution in [1.82, 2.24) is 19.5 Å². The van der Waals surface area contributed by atoms with Crippen LogP contribution in [-0.4, -0.2) is 33.2 Å². The number of aromatic nitrogens is 4. The van der Waals surface area contributed by atoms with Crippen LogP contribution in [0.2, 0.25) is 0 Å². The lowest BCUT2D eigenvalue weighted by Gasteiger charge is -2.15. The lowest BCUT2D eigenvalue weighted by Crippen LogP contribution is -2.04. The van der Waals surface area contributed by atoms with Crippen LogP contribution in [0.1, 0.15) is 12.1 Å². The molecule has 2 aromatic carbocycles. The molecule has 0 aliphatic heterocycles. The fourth-order valence-electron chi connectivity index (χ4n) is 3.75. The quantitative estimate of drug-likeness (QED) is 0.294. The Morgan fingerprint density at radius 1 is 0.909 bits per heavy atom. The van der Waals surface area contributed by atoms with Crippen molar-refractivity contribution in [3.05, 3.63) is 79.1 Å². The third-order valence-corrected chi connectivity index (χ3v) is 5.45. The Hall–Kier alpha value is -4.13. The maximum atomic E-state index is 6.30. The molecule has 0 radical (unpaired) electrons. The number of nitrogens with zero attached hydrogens (tertiary/aromatic N) is 4. The van der Waals surface area contributed by atoms with Gasteiger partial charge >= 0.3 is 0 Å². The molecule has 3 aromatic heterocycles. The van der Waals surface area contributed by atoms with Gasteiger partial charge in [0.05, 0.1) is 36.8 Å². The summed E-state index contributed by atoms with van der Waals surface area (Å²) in [4.78, 5) is 13.2. The molecule has 0 amide bonds. The van der Waals surface area contributed by atoms with Crippen LogP contribution in [0.5, 0.6) is 23.0 Å². The van der Waals surface area contributed by atoms with Gasteiger partial charge in [-0.05, 0) is 37.6 Å². The summed E-state index contributed by atoms with van der Waals surface area (Å²) in [6.07, 6.45) is 8.09. The third-order valence-electron chi connectivity index (χ3n) is 5.45. The molecule has 5 aromatic rings. The maximum Gasteiger partial charge on any atom is 0.163 e. The van der Waals surface area contributed by atoms with E-state index in [1.165, 1.54) is 0 Å². The van der Waals surface area contributed by atoms with Crippen LogP contribution in [0.25, 0.3) is 21.8 Å². The van der Waals surface area contributed by atoms with E-state index in [2.05, 4.69) is 15.0 Å². The summed E-state index contributed by atoms with van der Waals surface area (Å²) in [7, 11) is 1.63. The fraction of sp³-hybridized carbons (Fsp3) is 0.192. The third kappa shape index (κ3) is 4.43. The number of imidazole rings is 1. The maximum absolute atomic E-state index is 6.30. The Bertz CT molecular complexity index is 1400. The molecule has 0 N–H and O–H groups in total. The van der Waals surface area contributed by atoms with E-state index in [-0.39, 0.29) is 0 Å². The molecule has 166 valence electrons. The smallest absolute Gasteiger partial charge is 0.163 e. The molecule has 0 aliphatic carbocycles. The van der Waals surface area contributed by atoms with Crippen molar-refractivity contribution in [2.45, 2.75) is 19.9 Å². The molecule has 5 rings (SSSR count). The number of hydrogen-bond acceptors (Lipinski definition) is 6. The molecule has 7 heteroatoms. The van der Waals surface area contributed by atoms with Crippen molar-refractivity contribution >= 4 is 21.8 Å². The highest BCUT2D eigenvalue weighted by Crippen LogP contribution is 2.38. The van der Waals surface area contributed by atoms with E-state index in [0.717, 1.165) is 40.5 Å². The second-order valence-corrected chi connectivity index (χ2v) is 7.70. The number of hydrogen-bond donors (Lipinski definition) is 0. The average Bonchev–Trinajstić information content (AvgIpc) is 3.35. The number of pyridine rings is 2. The van der Waals surface area contributed by atoms with Crippen molar-refractivity contribution < 1.29 is 14.2 Å². The first-order valence-electron chi connectivity index (χ1n) is 10.8. The summed E-state index contributed by atoms with van der Waals surface area (Å²) >= 11 is 0. The van der Waals surface area contributed by atoms with Crippen LogP contribution in [0, 0.1) is 6.92 Å². The Kier molecular flexibility index (Phi) is 5.76. The van der Waals surface area contributed by atoms with Crippen LogP contribution < -0.4 is 14.2 Å². The average molecular weight is 441 g/mol. The zero-order valence-corrected chi connectivity index (χ0v) is 18.6. The largest absolute Gasteiger partial charge is 0.493 e. The van der Waals surface area contributed by atoms with Gasteiger partial charge < -0.3 is 18.8 Å². The Labute approximate surface area is 191 Å². The van der Waals surface area contributed by atoms with Crippen LogP contribution in [0.4, 0.5) is 0 Å². The van der Waals surface area contributed by atoms with Gasteiger partial charge in [0, 0.05) is 42.0 Å². The lowest BCUT2D eigenvalue weighted by atomic mass is 10.1. The highest BCUT2D eigenvalue weighted by Gasteiger charge is 2.13. The van der Waals surface area contributed by atoms with Crippen molar-refractivity contribution in [3.63, 3.8) is 0 Å². The summed E-state index contributed by atoms with van der Waals surface area (Å²) in [6, 6.07) is 15.7. The number of para-hydroxylation sites is 1. The predicted octanol–water partition coefficient (Wildman–Crippen LogP) is 5.56. The summed E-state index contributed by atoms with van der Waals surface area (Å²) in [5, 5.41) is 1.87. The summed E-state index contributed by atoms with van der Waals surface area (Å²) in [5.74, 6) is 2.69. The SMILES string of the molecule is COc1cc2c(Oc3cc4ccccc4nc3C)ccnc2cc1OCCCn1ccnc1. The van der Waals surface area contributed by atoms with Gasteiger partial charge in [-0.3, -0.25) is 4.98 Å². The molecule has 33 heavy (non-hydrogen) atoms. The number of rotatable bonds is 8. The summed E-state index contributed by atoms with van der Waals surface area (Å²) in [6.45, 7) is 3.34. The monoisotopic (exact) mass is 440 g/mol. The fourth-order valence-corrected chi connectivity index (χ4v) is 3.75. The Balaban J connectivity index is 1.40. The minimum Gasteiger partial charge on any atom is -0.493 e. The highest BCUT2D eigenvalue weighted by molar-refractivity contribution is 5.88. The molecule has 0 fully saturated rings. The van der Waals surface area contributed by atoms with E-state index < -0.39 is 0 Å². The van der Waals surface area contributed by atoms with E-state index in [1.807, 2.05) is 66.2 Å². The van der Waals surface area contributed by atoms with E-state index in [1.54, 1.807) is 25.8 Å². The van der Waals surface area contributed by atoms with Gasteiger partial charge in [-0.1, -0.05) is 18.2 Å². The second kappa shape index (κ2) is 9.16. The van der Waals surface area contributed by atoms with Gasteiger partial charge in [0.25, 0.3) is 0 Å². The van der Waals surface area contributed by atoms with Gasteiger partial charge in [-0.25, -0.2) is 9.97 Å². The molecule has 3 heterocycles. The predicted molar refractivity (Wildman–Crippen MR) is 127 cm³/mol. The molecule has 0 saturated carbocycles. The van der Waals surface area contributed by atoms with Crippen LogP contribution in [0.15, 0.2) is 73.4 Å². The molecule has 0 spiro atoms. The molecule has 0 aliphatic rings. The summed E-state index contributed by atoms with van der Waals surface area (Å²) in [5.41, 5.74) is 2.53. The van der Waals surface area contributed by atoms with Gasteiger partial charge in [-0.15, -0.1) is 0 Å². The number of ether oxygens (including phenoxy) is 3. The van der Waals surface area contributed by atoms with Crippen LogP contribution in [-0.2, 0) is 6.54 Å². The zero-order chi connectivity index (χ0) is 22.6. The standard InChI is InChI=1S/C26H24N4O3/c1-18-24(14-19-6-3-4-7-21(19)29-18)33-23-8-9-28-22-16-26(25(31-2)15-20(22)23)32-13-5-11-30-12-10-27-17-30/h3-4,6-10,12,14-17H,5,11,13H2,1-2H3.